The van der Waals surface area contributed by atoms with Crippen LogP contribution in [0.4, 0.5) is 0 Å². The summed E-state index contributed by atoms with van der Waals surface area (Å²) in [5.41, 5.74) is 2.42. The van der Waals surface area contributed by atoms with Gasteiger partial charge in [-0.2, -0.15) is 0 Å². The van der Waals surface area contributed by atoms with Gasteiger partial charge in [-0.3, -0.25) is 14.4 Å². The standard InChI is InChI=1S/C26H35N3O5/c1-14(2)11-20-23-17(16-8-7-15(33-6)12-19(16)27-23)13-21-24(31)28-18(25(32)29(20)21)9-10-22(30)34-26(3,4)5/h7-8,12,14,18,20-21,27H,9-11,13H2,1-6H3,(H,28,31)/t18-,20-,21-/m1/s1. The summed E-state index contributed by atoms with van der Waals surface area (Å²) in [5.74, 6) is 0.383. The molecule has 2 aliphatic rings. The molecule has 1 aromatic heterocycles. The number of methoxy groups -OCH3 is 1. The van der Waals surface area contributed by atoms with E-state index in [-0.39, 0.29) is 36.7 Å². The van der Waals surface area contributed by atoms with Gasteiger partial charge in [0, 0.05) is 35.5 Å². The van der Waals surface area contributed by atoms with Crippen LogP contribution < -0.4 is 10.1 Å². The molecule has 2 aromatic rings. The second-order valence-electron chi connectivity index (χ2n) is 10.7. The van der Waals surface area contributed by atoms with E-state index in [1.54, 1.807) is 32.8 Å². The fourth-order valence-corrected chi connectivity index (χ4v) is 5.10. The first kappa shape index (κ1) is 24.1. The van der Waals surface area contributed by atoms with Gasteiger partial charge in [0.05, 0.1) is 13.2 Å². The minimum absolute atomic E-state index is 0.0682. The van der Waals surface area contributed by atoms with E-state index < -0.39 is 17.7 Å². The van der Waals surface area contributed by atoms with E-state index >= 15 is 0 Å². The number of rotatable bonds is 6. The zero-order valence-electron chi connectivity index (χ0n) is 20.9. The number of nitrogens with zero attached hydrogens (tertiary/aromatic N) is 1. The Kier molecular flexibility index (Phi) is 6.36. The summed E-state index contributed by atoms with van der Waals surface area (Å²) in [4.78, 5) is 44.4. The summed E-state index contributed by atoms with van der Waals surface area (Å²) in [5, 5.41) is 3.93. The molecular weight excluding hydrogens is 434 g/mol. The largest absolute Gasteiger partial charge is 0.497 e. The maximum atomic E-state index is 13.6. The van der Waals surface area contributed by atoms with E-state index in [1.807, 2.05) is 18.2 Å². The van der Waals surface area contributed by atoms with Crippen molar-refractivity contribution in [3.05, 3.63) is 29.5 Å². The van der Waals surface area contributed by atoms with Gasteiger partial charge >= 0.3 is 5.97 Å². The Bertz CT molecular complexity index is 1110. The molecule has 0 spiro atoms. The molecule has 3 atom stereocenters. The van der Waals surface area contributed by atoms with Crippen LogP contribution in [0.15, 0.2) is 18.2 Å². The molecule has 0 bridgehead atoms. The van der Waals surface area contributed by atoms with Crippen LogP contribution >= 0.6 is 0 Å². The minimum Gasteiger partial charge on any atom is -0.497 e. The molecule has 1 fully saturated rings. The SMILES string of the molecule is COc1ccc2c3c([nH]c2c1)[C@@H](CC(C)C)N1C(=O)[C@@H](CCC(=O)OC(C)(C)C)NC(=O)[C@H]1C3. The molecule has 0 aliphatic carbocycles. The van der Waals surface area contributed by atoms with Crippen molar-refractivity contribution in [2.45, 2.75) is 84.0 Å². The lowest BCUT2D eigenvalue weighted by molar-refractivity contribution is -0.157. The number of fused-ring (bicyclic) bond motifs is 4. The van der Waals surface area contributed by atoms with Crippen LogP contribution in [0, 0.1) is 5.92 Å². The van der Waals surface area contributed by atoms with Crippen molar-refractivity contribution < 1.29 is 23.9 Å². The van der Waals surface area contributed by atoms with E-state index in [9.17, 15) is 14.4 Å². The first-order chi connectivity index (χ1) is 16.0. The number of ether oxygens (including phenoxy) is 2. The van der Waals surface area contributed by atoms with E-state index in [0.29, 0.717) is 12.3 Å². The van der Waals surface area contributed by atoms with E-state index in [1.165, 1.54) is 0 Å². The van der Waals surface area contributed by atoms with Crippen molar-refractivity contribution in [2.75, 3.05) is 7.11 Å². The normalized spacial score (nSPS) is 22.4. The van der Waals surface area contributed by atoms with Gasteiger partial charge in [0.25, 0.3) is 0 Å². The molecule has 34 heavy (non-hydrogen) atoms. The molecule has 8 nitrogen and oxygen atoms in total. The quantitative estimate of drug-likeness (QED) is 0.629. The predicted octanol–water partition coefficient (Wildman–Crippen LogP) is 3.64. The fraction of sp³-hybridized carbons (Fsp3) is 0.577. The van der Waals surface area contributed by atoms with Crippen LogP contribution in [0.5, 0.6) is 5.75 Å². The Labute approximate surface area is 200 Å². The summed E-state index contributed by atoms with van der Waals surface area (Å²) in [6.45, 7) is 9.65. The lowest BCUT2D eigenvalue weighted by Crippen LogP contribution is -2.66. The third-order valence-corrected chi connectivity index (χ3v) is 6.47. The van der Waals surface area contributed by atoms with E-state index in [4.69, 9.17) is 9.47 Å². The first-order valence-corrected chi connectivity index (χ1v) is 12.0. The third kappa shape index (κ3) is 4.63. The molecule has 0 saturated carbocycles. The number of carbonyl (C=O) groups is 3. The Morgan fingerprint density at radius 1 is 1.24 bits per heavy atom. The highest BCUT2D eigenvalue weighted by Crippen LogP contribution is 2.42. The van der Waals surface area contributed by atoms with Crippen LogP contribution in [-0.4, -0.2) is 52.5 Å². The van der Waals surface area contributed by atoms with Crippen LogP contribution in [0.2, 0.25) is 0 Å². The summed E-state index contributed by atoms with van der Waals surface area (Å²) < 4.78 is 10.8. The van der Waals surface area contributed by atoms with Crippen molar-refractivity contribution in [3.63, 3.8) is 0 Å². The van der Waals surface area contributed by atoms with Gasteiger partial charge in [0.2, 0.25) is 11.8 Å². The molecule has 2 amide bonds. The predicted molar refractivity (Wildman–Crippen MR) is 128 cm³/mol. The maximum absolute atomic E-state index is 13.6. The smallest absolute Gasteiger partial charge is 0.306 e. The van der Waals surface area contributed by atoms with E-state index in [2.05, 4.69) is 24.1 Å². The summed E-state index contributed by atoms with van der Waals surface area (Å²) in [7, 11) is 1.63. The van der Waals surface area contributed by atoms with Crippen molar-refractivity contribution in [1.29, 1.82) is 0 Å². The molecule has 184 valence electrons. The van der Waals surface area contributed by atoms with Gasteiger partial charge in [-0.25, -0.2) is 0 Å². The molecule has 3 heterocycles. The number of hydrogen-bond acceptors (Lipinski definition) is 5. The van der Waals surface area contributed by atoms with Crippen LogP contribution in [0.1, 0.15) is 71.2 Å². The van der Waals surface area contributed by atoms with Crippen molar-refractivity contribution in [1.82, 2.24) is 15.2 Å². The number of carbonyl (C=O) groups excluding carboxylic acids is 3. The Morgan fingerprint density at radius 3 is 2.62 bits per heavy atom. The van der Waals surface area contributed by atoms with Gasteiger partial charge in [-0.1, -0.05) is 13.8 Å². The highest BCUT2D eigenvalue weighted by atomic mass is 16.6. The molecule has 2 N–H and O–H groups in total. The first-order valence-electron chi connectivity index (χ1n) is 12.0. The van der Waals surface area contributed by atoms with Crippen LogP contribution in [0.3, 0.4) is 0 Å². The number of piperazine rings is 1. The highest BCUT2D eigenvalue weighted by Gasteiger charge is 2.48. The molecule has 0 unspecified atom stereocenters. The van der Waals surface area contributed by atoms with Crippen molar-refractivity contribution >= 4 is 28.7 Å². The summed E-state index contributed by atoms with van der Waals surface area (Å²) in [6, 6.07) is 4.33. The van der Waals surface area contributed by atoms with Crippen molar-refractivity contribution in [3.8, 4) is 5.75 Å². The monoisotopic (exact) mass is 469 g/mol. The Hall–Kier alpha value is -3.03. The Morgan fingerprint density at radius 2 is 1.97 bits per heavy atom. The van der Waals surface area contributed by atoms with E-state index in [0.717, 1.165) is 34.3 Å². The second kappa shape index (κ2) is 8.96. The highest BCUT2D eigenvalue weighted by molar-refractivity contribution is 5.99. The Balaban J connectivity index is 1.65. The number of nitrogens with one attached hydrogen (secondary N) is 2. The fourth-order valence-electron chi connectivity index (χ4n) is 5.10. The lowest BCUT2D eigenvalue weighted by atomic mass is 9.85. The average molecular weight is 470 g/mol. The number of aromatic nitrogens is 1. The number of benzene rings is 1. The number of amides is 2. The molecular formula is C26H35N3O5. The van der Waals surface area contributed by atoms with Crippen LogP contribution in [0.25, 0.3) is 10.9 Å². The molecule has 1 aromatic carbocycles. The summed E-state index contributed by atoms with van der Waals surface area (Å²) in [6.07, 6.45) is 1.46. The van der Waals surface area contributed by atoms with Gasteiger partial charge in [0.1, 0.15) is 23.4 Å². The lowest BCUT2D eigenvalue weighted by Gasteiger charge is -2.46. The molecule has 1 saturated heterocycles. The molecule has 0 radical (unpaired) electrons. The van der Waals surface area contributed by atoms with Gasteiger partial charge in [-0.15, -0.1) is 0 Å². The van der Waals surface area contributed by atoms with Gasteiger partial charge in [-0.05, 0) is 57.2 Å². The number of esters is 1. The zero-order chi connectivity index (χ0) is 24.8. The molecule has 2 aliphatic heterocycles. The molecule has 8 heteroatoms. The van der Waals surface area contributed by atoms with Crippen molar-refractivity contribution in [2.24, 2.45) is 5.92 Å². The summed E-state index contributed by atoms with van der Waals surface area (Å²) >= 11 is 0. The average Bonchev–Trinajstić information content (AvgIpc) is 3.11. The molecule has 4 rings (SSSR count). The van der Waals surface area contributed by atoms with Crippen LogP contribution in [-0.2, 0) is 25.5 Å². The van der Waals surface area contributed by atoms with Gasteiger partial charge < -0.3 is 24.7 Å². The zero-order valence-corrected chi connectivity index (χ0v) is 20.9. The number of hydrogen-bond donors (Lipinski definition) is 2. The minimum atomic E-state index is -0.739. The van der Waals surface area contributed by atoms with Gasteiger partial charge in [0.15, 0.2) is 0 Å². The second-order valence-corrected chi connectivity index (χ2v) is 10.7. The topological polar surface area (TPSA) is 101 Å². The number of aromatic amines is 1. The maximum Gasteiger partial charge on any atom is 0.306 e. The number of H-pyrrole nitrogens is 1. The third-order valence-electron chi connectivity index (χ3n) is 6.47.